The van der Waals surface area contributed by atoms with Crippen LogP contribution in [0.4, 0.5) is 10.6 Å². The first-order valence-electron chi connectivity index (χ1n) is 16.2. The molecule has 4 atom stereocenters. The van der Waals surface area contributed by atoms with Crippen LogP contribution >= 0.6 is 0 Å². The number of nitrogens with one attached hydrogen (secondary N) is 1. The number of carbonyl (C=O) groups is 1. The first-order valence-corrected chi connectivity index (χ1v) is 16.2. The standard InChI is InChI=1S/C38H43N5O3/c1-3-25-10-14-27(15-11-25)21-33-35(44)36(45)34(22-28-16-12-26(4-2)13-17-28)43(38(46)42(33)23-29-8-6-5-7-9-29)24-30-18-19-32-31(20-30)37(39)41-40-32/h5-20,33-36,44-45H,3-4,21-24H2,1-2H3,(H3,39,40,41)/t33-,34-,35+,36+/m1/s1. The summed E-state index contributed by atoms with van der Waals surface area (Å²) in [5, 5.41) is 31.9. The van der Waals surface area contributed by atoms with Crippen molar-refractivity contribution in [2.45, 2.75) is 76.9 Å². The second-order valence-corrected chi connectivity index (χ2v) is 12.4. The van der Waals surface area contributed by atoms with E-state index in [1.165, 1.54) is 11.1 Å². The Labute approximate surface area is 270 Å². The summed E-state index contributed by atoms with van der Waals surface area (Å²) in [6.45, 7) is 4.75. The minimum atomic E-state index is -1.20. The van der Waals surface area contributed by atoms with Crippen LogP contribution < -0.4 is 5.73 Å². The lowest BCUT2D eigenvalue weighted by Gasteiger charge is -2.36. The SMILES string of the molecule is CCc1ccc(C[C@@H]2[C@H](O)[C@@H](O)[C@@H](Cc3ccc(CC)cc3)N(Cc3ccc4[nH]nc(N)c4c3)C(=O)N2Cc2ccccc2)cc1. The number of rotatable bonds is 10. The molecule has 46 heavy (non-hydrogen) atoms. The van der Waals surface area contributed by atoms with Crippen LogP contribution in [-0.2, 0) is 38.8 Å². The van der Waals surface area contributed by atoms with Gasteiger partial charge < -0.3 is 25.7 Å². The van der Waals surface area contributed by atoms with E-state index in [-0.39, 0.29) is 12.6 Å². The molecule has 0 unspecified atom stereocenters. The Hall–Kier alpha value is -4.66. The number of nitrogen functional groups attached to an aromatic ring is 1. The predicted octanol–water partition coefficient (Wildman–Crippen LogP) is 5.65. The van der Waals surface area contributed by atoms with E-state index in [1.54, 1.807) is 9.80 Å². The summed E-state index contributed by atoms with van der Waals surface area (Å²) in [5.74, 6) is 0.391. The van der Waals surface area contributed by atoms with Crippen LogP contribution in [0, 0.1) is 0 Å². The molecule has 1 aliphatic heterocycles. The number of fused-ring (bicyclic) bond motifs is 1. The Kier molecular flexibility index (Phi) is 9.38. The zero-order valence-corrected chi connectivity index (χ0v) is 26.5. The van der Waals surface area contributed by atoms with Gasteiger partial charge in [0, 0.05) is 18.5 Å². The van der Waals surface area contributed by atoms with Crippen molar-refractivity contribution in [3.8, 4) is 0 Å². The number of hydrogen-bond acceptors (Lipinski definition) is 5. The van der Waals surface area contributed by atoms with Gasteiger partial charge in [-0.3, -0.25) is 5.10 Å². The van der Waals surface area contributed by atoms with E-state index in [2.05, 4.69) is 72.6 Å². The number of nitrogens with two attached hydrogens (primary N) is 1. The third-order valence-electron chi connectivity index (χ3n) is 9.39. The topological polar surface area (TPSA) is 119 Å². The molecule has 8 nitrogen and oxygen atoms in total. The monoisotopic (exact) mass is 617 g/mol. The number of benzene rings is 4. The number of urea groups is 1. The Morgan fingerprint density at radius 2 is 1.15 bits per heavy atom. The van der Waals surface area contributed by atoms with Crippen LogP contribution in [0.15, 0.2) is 97.1 Å². The van der Waals surface area contributed by atoms with E-state index in [1.807, 2.05) is 48.5 Å². The molecular formula is C38H43N5O3. The fraction of sp³-hybridized carbons (Fsp3) is 0.316. The predicted molar refractivity (Wildman–Crippen MR) is 182 cm³/mol. The van der Waals surface area contributed by atoms with Crippen molar-refractivity contribution in [3.63, 3.8) is 0 Å². The molecule has 2 heterocycles. The van der Waals surface area contributed by atoms with Crippen LogP contribution in [0.1, 0.15) is 47.2 Å². The number of aliphatic hydroxyl groups excluding tert-OH is 2. The molecule has 6 rings (SSSR count). The molecule has 0 aliphatic carbocycles. The van der Waals surface area contributed by atoms with E-state index in [0.717, 1.165) is 46.0 Å². The molecule has 4 aromatic carbocycles. The molecular weight excluding hydrogens is 574 g/mol. The lowest BCUT2D eigenvalue weighted by atomic mass is 9.90. The highest BCUT2D eigenvalue weighted by molar-refractivity contribution is 5.89. The third-order valence-corrected chi connectivity index (χ3v) is 9.39. The number of aromatic nitrogens is 2. The van der Waals surface area contributed by atoms with Gasteiger partial charge in [-0.05, 0) is 71.2 Å². The highest BCUT2D eigenvalue weighted by atomic mass is 16.3. The van der Waals surface area contributed by atoms with Crippen molar-refractivity contribution < 1.29 is 15.0 Å². The van der Waals surface area contributed by atoms with Crippen molar-refractivity contribution >= 4 is 22.8 Å². The number of nitrogens with zero attached hydrogens (tertiary/aromatic N) is 3. The van der Waals surface area contributed by atoms with Gasteiger partial charge in [0.1, 0.15) is 12.2 Å². The largest absolute Gasteiger partial charge is 0.388 e. The van der Waals surface area contributed by atoms with Crippen molar-refractivity contribution in [2.75, 3.05) is 5.73 Å². The molecule has 0 bridgehead atoms. The van der Waals surface area contributed by atoms with E-state index >= 15 is 0 Å². The van der Waals surface area contributed by atoms with Crippen LogP contribution in [0.25, 0.3) is 10.9 Å². The zero-order valence-electron chi connectivity index (χ0n) is 26.5. The number of hydrogen-bond donors (Lipinski definition) is 4. The molecule has 238 valence electrons. The maximum atomic E-state index is 14.9. The number of aliphatic hydroxyl groups is 2. The fourth-order valence-electron chi connectivity index (χ4n) is 6.57. The number of amides is 2. The Morgan fingerprint density at radius 1 is 0.674 bits per heavy atom. The molecule has 5 N–H and O–H groups in total. The van der Waals surface area contributed by atoms with Gasteiger partial charge in [0.2, 0.25) is 0 Å². The second-order valence-electron chi connectivity index (χ2n) is 12.4. The Balaban J connectivity index is 1.42. The van der Waals surface area contributed by atoms with E-state index in [0.29, 0.717) is 25.2 Å². The maximum Gasteiger partial charge on any atom is 0.321 e. The van der Waals surface area contributed by atoms with Gasteiger partial charge in [0.05, 0.1) is 17.6 Å². The smallest absolute Gasteiger partial charge is 0.321 e. The van der Waals surface area contributed by atoms with Gasteiger partial charge in [-0.1, -0.05) is 98.8 Å². The number of aryl methyl sites for hydroxylation is 2. The maximum absolute atomic E-state index is 14.9. The third kappa shape index (κ3) is 6.64. The second kappa shape index (κ2) is 13.8. The molecule has 8 heteroatoms. The summed E-state index contributed by atoms with van der Waals surface area (Å²) < 4.78 is 0. The minimum Gasteiger partial charge on any atom is -0.388 e. The quantitative estimate of drug-likeness (QED) is 0.162. The van der Waals surface area contributed by atoms with Crippen molar-refractivity contribution in [2.24, 2.45) is 0 Å². The molecule has 1 aliphatic rings. The van der Waals surface area contributed by atoms with E-state index < -0.39 is 24.3 Å². The van der Waals surface area contributed by atoms with Crippen LogP contribution in [-0.4, -0.2) is 60.5 Å². The van der Waals surface area contributed by atoms with Crippen molar-refractivity contribution in [1.82, 2.24) is 20.0 Å². The molecule has 0 saturated carbocycles. The highest BCUT2D eigenvalue weighted by Crippen LogP contribution is 2.31. The van der Waals surface area contributed by atoms with E-state index in [4.69, 9.17) is 5.73 Å². The van der Waals surface area contributed by atoms with Gasteiger partial charge in [-0.25, -0.2) is 4.79 Å². The van der Waals surface area contributed by atoms with Gasteiger partial charge in [-0.2, -0.15) is 5.10 Å². The molecule has 0 spiro atoms. The highest BCUT2D eigenvalue weighted by Gasteiger charge is 2.46. The molecule has 1 aromatic heterocycles. The van der Waals surface area contributed by atoms with Crippen LogP contribution in [0.2, 0.25) is 0 Å². The van der Waals surface area contributed by atoms with Crippen LogP contribution in [0.3, 0.4) is 0 Å². The Morgan fingerprint density at radius 3 is 1.67 bits per heavy atom. The molecule has 1 saturated heterocycles. The van der Waals surface area contributed by atoms with Crippen LogP contribution in [0.5, 0.6) is 0 Å². The number of carbonyl (C=O) groups excluding carboxylic acids is 1. The summed E-state index contributed by atoms with van der Waals surface area (Å²) in [4.78, 5) is 18.4. The van der Waals surface area contributed by atoms with E-state index in [9.17, 15) is 15.0 Å². The summed E-state index contributed by atoms with van der Waals surface area (Å²) in [7, 11) is 0. The van der Waals surface area contributed by atoms with Crippen molar-refractivity contribution in [1.29, 1.82) is 0 Å². The Bertz CT molecular complexity index is 1750. The first-order chi connectivity index (χ1) is 22.3. The number of H-pyrrole nitrogens is 1. The molecule has 0 radical (unpaired) electrons. The summed E-state index contributed by atoms with van der Waals surface area (Å²) in [6, 6.07) is 30.6. The number of anilines is 1. The molecule has 1 fully saturated rings. The summed E-state index contributed by atoms with van der Waals surface area (Å²) >= 11 is 0. The average molecular weight is 618 g/mol. The minimum absolute atomic E-state index is 0.226. The first kappa shape index (κ1) is 31.3. The zero-order chi connectivity index (χ0) is 32.2. The fourth-order valence-corrected chi connectivity index (χ4v) is 6.57. The van der Waals surface area contributed by atoms with Gasteiger partial charge >= 0.3 is 6.03 Å². The average Bonchev–Trinajstić information content (AvgIpc) is 3.45. The number of aromatic amines is 1. The van der Waals surface area contributed by atoms with Crippen molar-refractivity contribution in [3.05, 3.63) is 130 Å². The van der Waals surface area contributed by atoms with Gasteiger partial charge in [0.15, 0.2) is 5.82 Å². The lowest BCUT2D eigenvalue weighted by Crippen LogP contribution is -2.50. The van der Waals surface area contributed by atoms with Gasteiger partial charge in [-0.15, -0.1) is 0 Å². The summed E-state index contributed by atoms with van der Waals surface area (Å²) in [5.41, 5.74) is 13.2. The molecule has 2 amide bonds. The molecule has 5 aromatic rings. The summed E-state index contributed by atoms with van der Waals surface area (Å²) in [6.07, 6.45) is 0.264. The lowest BCUT2D eigenvalue weighted by molar-refractivity contribution is -0.0408. The van der Waals surface area contributed by atoms with Gasteiger partial charge in [0.25, 0.3) is 0 Å². The normalized spacial score (nSPS) is 20.3.